The van der Waals surface area contributed by atoms with E-state index in [1.165, 1.54) is 5.56 Å². The van der Waals surface area contributed by atoms with Crippen molar-refractivity contribution in [3.8, 4) is 44.8 Å². The zero-order chi connectivity index (χ0) is 44.4. The second-order valence-corrected chi connectivity index (χ2v) is 16.6. The van der Waals surface area contributed by atoms with Crippen LogP contribution in [0.2, 0.25) is 0 Å². The number of hydrogen-bond acceptors (Lipinski definition) is 1. The van der Waals surface area contributed by atoms with Gasteiger partial charge in [-0.25, -0.2) is 0 Å². The summed E-state index contributed by atoms with van der Waals surface area (Å²) in [5.74, 6) is 0. The van der Waals surface area contributed by atoms with Crippen molar-refractivity contribution in [1.29, 1.82) is 0 Å². The summed E-state index contributed by atoms with van der Waals surface area (Å²) >= 11 is 0. The lowest BCUT2D eigenvalue weighted by molar-refractivity contribution is 0.669. The molecule has 0 aliphatic rings. The van der Waals surface area contributed by atoms with E-state index in [0.717, 1.165) is 82.5 Å². The van der Waals surface area contributed by atoms with E-state index in [0.29, 0.717) is 38.6 Å². The van der Waals surface area contributed by atoms with Crippen molar-refractivity contribution in [3.63, 3.8) is 0 Å². The molecule has 0 unspecified atom stereocenters. The van der Waals surface area contributed by atoms with Crippen LogP contribution in [0.1, 0.15) is 0 Å². The molecule has 0 saturated carbocycles. The molecule has 3 nitrogen and oxygen atoms in total. The van der Waals surface area contributed by atoms with Crippen molar-refractivity contribution in [2.75, 3.05) is 0 Å². The molecular formula is C54H26B8N2O. The summed E-state index contributed by atoms with van der Waals surface area (Å²) in [7, 11) is 54.2. The quantitative estimate of drug-likeness (QED) is 0.222. The average molecular weight is 805 g/mol. The summed E-state index contributed by atoms with van der Waals surface area (Å²) in [6, 6.07) is 53.7. The molecule has 0 spiro atoms. The Bertz CT molecular complexity index is 3950. The van der Waals surface area contributed by atoms with Gasteiger partial charge in [0, 0.05) is 49.2 Å². The van der Waals surface area contributed by atoms with Crippen molar-refractivity contribution in [2.24, 2.45) is 0 Å². The first-order chi connectivity index (χ1) is 31.6. The Kier molecular flexibility index (Phi) is 8.94. The smallest absolute Gasteiger partial charge is 0.135 e. The molecule has 0 saturated heterocycles. The highest BCUT2D eigenvalue weighted by atomic mass is 16.3. The summed E-state index contributed by atoms with van der Waals surface area (Å²) < 4.78 is 10.6. The number of benzene rings is 9. The van der Waals surface area contributed by atoms with E-state index in [9.17, 15) is 0 Å². The van der Waals surface area contributed by atoms with E-state index >= 15 is 0 Å². The maximum absolute atomic E-state index is 7.44. The van der Waals surface area contributed by atoms with Gasteiger partial charge in [-0.05, 0) is 94.0 Å². The minimum absolute atomic E-state index is 0.142. The standard InChI is InChI=1S/C54H26B8N2O/c55-46-43(29-17-22-39-36(24-29)33-10-4-6-12-38(33)63(39)31-18-14-28(15-19-31)27-8-2-1-3-9-27)49(58)53(62)54-45(46)35-21-16-30(44-47(56)50(59)52(61)51(60)48(44)57)25-40(35)64(54)32-20-23-42-37(26-32)34-11-5-7-13-41(34)65-42/h1-26H. The molecule has 12 aromatic rings. The van der Waals surface area contributed by atoms with Gasteiger partial charge in [-0.3, -0.25) is 0 Å². The number of hydrogen-bond donors (Lipinski definition) is 0. The third kappa shape index (κ3) is 5.80. The van der Waals surface area contributed by atoms with Crippen LogP contribution in [-0.2, 0) is 0 Å². The van der Waals surface area contributed by atoms with Gasteiger partial charge in [0.15, 0.2) is 0 Å². The lowest BCUT2D eigenvalue weighted by atomic mass is 9.59. The number of nitrogens with zero attached hydrogens (tertiary/aromatic N) is 2. The van der Waals surface area contributed by atoms with Crippen LogP contribution in [0.4, 0.5) is 0 Å². The minimum Gasteiger partial charge on any atom is -0.456 e. The van der Waals surface area contributed by atoms with Crippen LogP contribution in [0.25, 0.3) is 110 Å². The molecule has 3 heterocycles. The molecule has 0 bridgehead atoms. The zero-order valence-corrected chi connectivity index (χ0v) is 34.9. The predicted molar refractivity (Wildman–Crippen MR) is 282 cm³/mol. The highest BCUT2D eigenvalue weighted by Gasteiger charge is 2.24. The molecule has 12 rings (SSSR count). The topological polar surface area (TPSA) is 23.0 Å². The van der Waals surface area contributed by atoms with E-state index in [1.54, 1.807) is 0 Å². The number of rotatable bonds is 5. The van der Waals surface area contributed by atoms with E-state index < -0.39 is 0 Å². The molecule has 0 aliphatic heterocycles. The Morgan fingerprint density at radius 1 is 0.308 bits per heavy atom. The summed E-state index contributed by atoms with van der Waals surface area (Å²) in [6.07, 6.45) is 0. The molecule has 16 radical (unpaired) electrons. The van der Waals surface area contributed by atoms with Gasteiger partial charge in [0.05, 0.1) is 16.6 Å². The molecule has 65 heavy (non-hydrogen) atoms. The van der Waals surface area contributed by atoms with Gasteiger partial charge in [-0.1, -0.05) is 124 Å². The van der Waals surface area contributed by atoms with E-state index in [4.69, 9.17) is 67.2 Å². The van der Waals surface area contributed by atoms with Crippen molar-refractivity contribution >= 4 is 172 Å². The summed E-state index contributed by atoms with van der Waals surface area (Å²) in [4.78, 5) is 0. The Hall–Kier alpha value is -7.10. The maximum atomic E-state index is 7.44. The Morgan fingerprint density at radius 3 is 1.63 bits per heavy atom. The lowest BCUT2D eigenvalue weighted by Crippen LogP contribution is -2.55. The van der Waals surface area contributed by atoms with Crippen LogP contribution in [-0.4, -0.2) is 71.9 Å². The first-order valence-electron chi connectivity index (χ1n) is 21.2. The molecule has 0 N–H and O–H groups in total. The monoisotopic (exact) mass is 806 g/mol. The van der Waals surface area contributed by atoms with Crippen LogP contribution < -0.4 is 43.7 Å². The Morgan fingerprint density at radius 2 is 0.862 bits per heavy atom. The van der Waals surface area contributed by atoms with Crippen molar-refractivity contribution < 1.29 is 4.42 Å². The molecule has 282 valence electrons. The number of aromatic nitrogens is 2. The van der Waals surface area contributed by atoms with Crippen molar-refractivity contribution in [1.82, 2.24) is 9.13 Å². The van der Waals surface area contributed by atoms with Gasteiger partial charge < -0.3 is 13.6 Å². The molecule has 0 aliphatic carbocycles. The summed E-state index contributed by atoms with van der Waals surface area (Å²) in [5.41, 5.74) is 14.0. The molecule has 9 aromatic carbocycles. The highest BCUT2D eigenvalue weighted by molar-refractivity contribution is 6.69. The van der Waals surface area contributed by atoms with Crippen LogP contribution in [0, 0.1) is 0 Å². The molecule has 11 heteroatoms. The van der Waals surface area contributed by atoms with E-state index in [-0.39, 0.29) is 27.3 Å². The highest BCUT2D eigenvalue weighted by Crippen LogP contribution is 2.39. The van der Waals surface area contributed by atoms with Crippen LogP contribution in [0.5, 0.6) is 0 Å². The summed E-state index contributed by atoms with van der Waals surface area (Å²) in [6.45, 7) is 0. The first-order valence-corrected chi connectivity index (χ1v) is 21.2. The molecule has 0 amide bonds. The van der Waals surface area contributed by atoms with Crippen LogP contribution >= 0.6 is 0 Å². The third-order valence-corrected chi connectivity index (χ3v) is 13.1. The predicted octanol–water partition coefficient (Wildman–Crippen LogP) is 5.13. The average Bonchev–Trinajstić information content (AvgIpc) is 4.00. The maximum Gasteiger partial charge on any atom is 0.135 e. The fourth-order valence-electron chi connectivity index (χ4n) is 9.94. The molecule has 0 atom stereocenters. The van der Waals surface area contributed by atoms with Gasteiger partial charge in [0.1, 0.15) is 73.9 Å². The Balaban J connectivity index is 1.10. The molecule has 3 aromatic heterocycles. The number of para-hydroxylation sites is 2. The van der Waals surface area contributed by atoms with Crippen LogP contribution in [0.15, 0.2) is 162 Å². The first kappa shape index (κ1) is 39.5. The summed E-state index contributed by atoms with van der Waals surface area (Å²) in [5, 5.41) is 5.63. The third-order valence-electron chi connectivity index (χ3n) is 13.1. The second-order valence-electron chi connectivity index (χ2n) is 16.6. The van der Waals surface area contributed by atoms with Gasteiger partial charge in [-0.15, -0.1) is 16.4 Å². The molecular weight excluding hydrogens is 779 g/mol. The minimum atomic E-state index is 0.142. The number of furan rings is 1. The lowest BCUT2D eigenvalue weighted by Gasteiger charge is -2.21. The van der Waals surface area contributed by atoms with Gasteiger partial charge in [0.2, 0.25) is 0 Å². The fourth-order valence-corrected chi connectivity index (χ4v) is 9.94. The van der Waals surface area contributed by atoms with Gasteiger partial charge in [-0.2, -0.15) is 0 Å². The number of fused-ring (bicyclic) bond motifs is 9. The largest absolute Gasteiger partial charge is 0.456 e. The van der Waals surface area contributed by atoms with Crippen molar-refractivity contribution in [2.45, 2.75) is 0 Å². The zero-order valence-electron chi connectivity index (χ0n) is 34.9. The van der Waals surface area contributed by atoms with Crippen LogP contribution in [0.3, 0.4) is 0 Å². The normalized spacial score (nSPS) is 11.9. The molecule has 0 fully saturated rings. The van der Waals surface area contributed by atoms with Gasteiger partial charge >= 0.3 is 0 Å². The van der Waals surface area contributed by atoms with E-state index in [1.807, 2.05) is 60.7 Å². The van der Waals surface area contributed by atoms with E-state index in [2.05, 4.69) is 106 Å². The van der Waals surface area contributed by atoms with Gasteiger partial charge in [0.25, 0.3) is 0 Å². The second kappa shape index (κ2) is 14.7. The SMILES string of the molecule is [B]c1c([B])c([B])c(-c2ccc3c4c([B])c(-c5ccc6c(c5)c5ccccc5n6-c5ccc(-c6ccccc6)cc5)c([B])c([B])c4n(-c4ccc5oc6ccccc6c5c4)c3c2)c([B])c1[B]. The Labute approximate surface area is 386 Å². The fraction of sp³-hybridized carbons (Fsp3) is 0. The van der Waals surface area contributed by atoms with Crippen molar-refractivity contribution in [3.05, 3.63) is 158 Å².